The van der Waals surface area contributed by atoms with E-state index in [1.165, 1.54) is 5.56 Å². The first kappa shape index (κ1) is 20.6. The van der Waals surface area contributed by atoms with Crippen molar-refractivity contribution in [1.29, 1.82) is 0 Å². The van der Waals surface area contributed by atoms with Gasteiger partial charge in [0.25, 0.3) is 5.91 Å². The molecule has 1 unspecified atom stereocenters. The Hall–Kier alpha value is -3.34. The predicted molar refractivity (Wildman–Crippen MR) is 123 cm³/mol. The Morgan fingerprint density at radius 3 is 2.41 bits per heavy atom. The number of aliphatic hydroxyl groups is 1. The fourth-order valence-corrected chi connectivity index (χ4v) is 5.03. The van der Waals surface area contributed by atoms with Crippen LogP contribution in [0.15, 0.2) is 70.3 Å². The molecule has 1 amide bonds. The van der Waals surface area contributed by atoms with Crippen LogP contribution in [-0.2, 0) is 4.79 Å². The van der Waals surface area contributed by atoms with Gasteiger partial charge >= 0.3 is 0 Å². The number of carbonyl (C=O) groups is 2. The third kappa shape index (κ3) is 3.32. The maximum atomic E-state index is 13.6. The smallest absolute Gasteiger partial charge is 0.290 e. The maximum Gasteiger partial charge on any atom is 0.290 e. The monoisotopic (exact) mass is 429 g/mol. The zero-order valence-corrected chi connectivity index (χ0v) is 18.4. The number of carbonyl (C=O) groups excluding carboxylic acids is 2. The lowest BCUT2D eigenvalue weighted by atomic mass is 9.92. The Labute approximate surface area is 187 Å². The van der Waals surface area contributed by atoms with Gasteiger partial charge in [-0.3, -0.25) is 9.59 Å². The lowest BCUT2D eigenvalue weighted by molar-refractivity contribution is -0.131. The highest BCUT2D eigenvalue weighted by molar-refractivity contribution is 6.16. The van der Waals surface area contributed by atoms with Gasteiger partial charge in [-0.05, 0) is 42.0 Å². The van der Waals surface area contributed by atoms with Gasteiger partial charge < -0.3 is 14.4 Å². The van der Waals surface area contributed by atoms with Crippen LogP contribution in [0.25, 0.3) is 11.0 Å². The Balaban J connectivity index is 1.60. The van der Waals surface area contributed by atoms with E-state index in [0.29, 0.717) is 11.5 Å². The number of amides is 1. The second kappa shape index (κ2) is 7.97. The minimum atomic E-state index is -0.618. The summed E-state index contributed by atoms with van der Waals surface area (Å²) in [6.07, 6.45) is 3.85. The fourth-order valence-electron chi connectivity index (χ4n) is 5.03. The van der Waals surface area contributed by atoms with Crippen molar-refractivity contribution in [3.05, 3.63) is 82.8 Å². The number of benzene rings is 2. The average molecular weight is 430 g/mol. The van der Waals surface area contributed by atoms with Crippen molar-refractivity contribution in [3.63, 3.8) is 0 Å². The highest BCUT2D eigenvalue weighted by Crippen LogP contribution is 2.43. The summed E-state index contributed by atoms with van der Waals surface area (Å²) >= 11 is 0. The van der Waals surface area contributed by atoms with Crippen LogP contribution in [0.5, 0.6) is 0 Å². The Kier molecular flexibility index (Phi) is 5.12. The molecule has 0 saturated heterocycles. The van der Waals surface area contributed by atoms with Gasteiger partial charge in [-0.1, -0.05) is 69.2 Å². The number of fused-ring (bicyclic) bond motifs is 1. The maximum absolute atomic E-state index is 13.6. The van der Waals surface area contributed by atoms with Gasteiger partial charge in [0.2, 0.25) is 5.78 Å². The fraction of sp³-hybridized carbons (Fsp3) is 0.333. The first-order chi connectivity index (χ1) is 15.5. The molecule has 0 bridgehead atoms. The highest BCUT2D eigenvalue weighted by atomic mass is 16.3. The third-order valence-electron chi connectivity index (χ3n) is 6.77. The molecule has 1 fully saturated rings. The standard InChI is InChI=1S/C27H27NO4/c1-16(2)17-11-13-18(14-12-17)24-23(26(30)27(31)28(24)20-8-4-5-9-20)25(29)22-15-19-7-3-6-10-21(19)32-22/h3,6-7,10-16,20,24,30H,4-5,8-9H2,1-2H3. The summed E-state index contributed by atoms with van der Waals surface area (Å²) in [5.74, 6) is -0.849. The number of hydrogen-bond donors (Lipinski definition) is 1. The quantitative estimate of drug-likeness (QED) is 0.499. The lowest BCUT2D eigenvalue weighted by Crippen LogP contribution is -2.38. The molecule has 2 heterocycles. The van der Waals surface area contributed by atoms with Crippen molar-refractivity contribution in [2.24, 2.45) is 0 Å². The molecule has 5 rings (SSSR count). The zero-order chi connectivity index (χ0) is 22.4. The summed E-state index contributed by atoms with van der Waals surface area (Å²) in [5, 5.41) is 11.7. The molecule has 1 atom stereocenters. The summed E-state index contributed by atoms with van der Waals surface area (Å²) in [5.41, 5.74) is 2.73. The molecule has 0 spiro atoms. The van der Waals surface area contributed by atoms with Crippen LogP contribution < -0.4 is 0 Å². The molecule has 3 aromatic rings. The molecule has 1 saturated carbocycles. The summed E-state index contributed by atoms with van der Waals surface area (Å²) in [6.45, 7) is 4.25. The summed E-state index contributed by atoms with van der Waals surface area (Å²) in [7, 11) is 0. The van der Waals surface area contributed by atoms with Crippen LogP contribution in [0.1, 0.15) is 73.2 Å². The van der Waals surface area contributed by atoms with Crippen LogP contribution >= 0.6 is 0 Å². The van der Waals surface area contributed by atoms with Crippen LogP contribution in [0.4, 0.5) is 0 Å². The number of furan rings is 1. The molecular formula is C27H27NO4. The second-order valence-electron chi connectivity index (χ2n) is 9.11. The van der Waals surface area contributed by atoms with E-state index in [1.807, 2.05) is 42.5 Å². The van der Waals surface area contributed by atoms with Crippen molar-refractivity contribution < 1.29 is 19.1 Å². The molecular weight excluding hydrogens is 402 g/mol. The normalized spacial score (nSPS) is 19.7. The molecule has 5 nitrogen and oxygen atoms in total. The first-order valence-electron chi connectivity index (χ1n) is 11.3. The molecule has 1 aliphatic carbocycles. The largest absolute Gasteiger partial charge is 0.503 e. The number of ketones is 1. The third-order valence-corrected chi connectivity index (χ3v) is 6.77. The molecule has 1 aromatic heterocycles. The van der Waals surface area contributed by atoms with E-state index in [0.717, 1.165) is 36.6 Å². The van der Waals surface area contributed by atoms with E-state index in [4.69, 9.17) is 4.42 Å². The topological polar surface area (TPSA) is 70.7 Å². The molecule has 32 heavy (non-hydrogen) atoms. The number of nitrogens with zero attached hydrogens (tertiary/aromatic N) is 1. The van der Waals surface area contributed by atoms with Crippen LogP contribution in [0.2, 0.25) is 0 Å². The molecule has 164 valence electrons. The average Bonchev–Trinajstić information content (AvgIpc) is 3.52. The van der Waals surface area contributed by atoms with Crippen molar-refractivity contribution >= 4 is 22.7 Å². The van der Waals surface area contributed by atoms with Gasteiger partial charge in [-0.2, -0.15) is 0 Å². The van der Waals surface area contributed by atoms with Gasteiger partial charge in [0.05, 0.1) is 11.6 Å². The van der Waals surface area contributed by atoms with Crippen molar-refractivity contribution in [1.82, 2.24) is 4.90 Å². The molecule has 2 aromatic carbocycles. The number of hydrogen-bond acceptors (Lipinski definition) is 4. The van der Waals surface area contributed by atoms with Crippen molar-refractivity contribution in [3.8, 4) is 0 Å². The number of Topliss-reactive ketones (excluding diaryl/α,β-unsaturated/α-hetero) is 1. The summed E-state index contributed by atoms with van der Waals surface area (Å²) in [4.78, 5) is 28.5. The Morgan fingerprint density at radius 2 is 1.75 bits per heavy atom. The van der Waals surface area contributed by atoms with Crippen LogP contribution in [-0.4, -0.2) is 27.7 Å². The molecule has 5 heteroatoms. The Morgan fingerprint density at radius 1 is 1.06 bits per heavy atom. The molecule has 1 N–H and O–H groups in total. The minimum absolute atomic E-state index is 0.0143. The number of rotatable bonds is 5. The van der Waals surface area contributed by atoms with Gasteiger partial charge in [-0.25, -0.2) is 0 Å². The molecule has 2 aliphatic rings. The van der Waals surface area contributed by atoms with E-state index in [9.17, 15) is 14.7 Å². The first-order valence-corrected chi connectivity index (χ1v) is 11.3. The SMILES string of the molecule is CC(C)c1ccc(C2C(C(=O)c3cc4ccccc4o3)=C(O)C(=O)N2C2CCCC2)cc1. The van der Waals surface area contributed by atoms with Crippen molar-refractivity contribution in [2.75, 3.05) is 0 Å². The number of para-hydroxylation sites is 1. The lowest BCUT2D eigenvalue weighted by Gasteiger charge is -2.32. The van der Waals surface area contributed by atoms with Gasteiger partial charge in [0.1, 0.15) is 5.58 Å². The highest BCUT2D eigenvalue weighted by Gasteiger charge is 2.47. The second-order valence-corrected chi connectivity index (χ2v) is 9.11. The summed E-state index contributed by atoms with van der Waals surface area (Å²) < 4.78 is 5.80. The van der Waals surface area contributed by atoms with Crippen LogP contribution in [0.3, 0.4) is 0 Å². The summed E-state index contributed by atoms with van der Waals surface area (Å²) in [6, 6.07) is 16.5. The number of aliphatic hydroxyl groups excluding tert-OH is 1. The van der Waals surface area contributed by atoms with Gasteiger partial charge in [-0.15, -0.1) is 0 Å². The minimum Gasteiger partial charge on any atom is -0.503 e. The van der Waals surface area contributed by atoms with Crippen molar-refractivity contribution in [2.45, 2.75) is 57.5 Å². The van der Waals surface area contributed by atoms with Gasteiger partial charge in [0.15, 0.2) is 11.5 Å². The van der Waals surface area contributed by atoms with Crippen LogP contribution in [0, 0.1) is 0 Å². The zero-order valence-electron chi connectivity index (χ0n) is 18.4. The molecule has 1 aliphatic heterocycles. The van der Waals surface area contributed by atoms with E-state index in [2.05, 4.69) is 13.8 Å². The van der Waals surface area contributed by atoms with E-state index < -0.39 is 23.5 Å². The van der Waals surface area contributed by atoms with E-state index in [1.54, 1.807) is 17.0 Å². The van der Waals surface area contributed by atoms with E-state index >= 15 is 0 Å². The Bertz CT molecular complexity index is 1180. The molecule has 0 radical (unpaired) electrons. The predicted octanol–water partition coefficient (Wildman–Crippen LogP) is 6.08. The van der Waals surface area contributed by atoms with Gasteiger partial charge in [0, 0.05) is 11.4 Å². The van der Waals surface area contributed by atoms with E-state index in [-0.39, 0.29) is 17.4 Å².